The number of amides is 4. The molecule has 8 nitrogen and oxygen atoms in total. The van der Waals surface area contributed by atoms with E-state index in [0.717, 1.165) is 23.6 Å². The van der Waals surface area contributed by atoms with Crippen LogP contribution >= 0.6 is 0 Å². The molecule has 3 heterocycles. The summed E-state index contributed by atoms with van der Waals surface area (Å²) in [5.41, 5.74) is 7.64. The second kappa shape index (κ2) is 6.49. The molecular formula is C20H24N4O4. The van der Waals surface area contributed by atoms with Crippen molar-refractivity contribution in [2.75, 3.05) is 13.1 Å². The van der Waals surface area contributed by atoms with Crippen LogP contribution in [0.3, 0.4) is 0 Å². The van der Waals surface area contributed by atoms with Crippen LogP contribution in [0.2, 0.25) is 0 Å². The van der Waals surface area contributed by atoms with Gasteiger partial charge in [-0.05, 0) is 23.5 Å². The van der Waals surface area contributed by atoms with Crippen molar-refractivity contribution in [2.45, 2.75) is 45.3 Å². The summed E-state index contributed by atoms with van der Waals surface area (Å²) in [6.45, 7) is 6.27. The number of piperidine rings is 1. The summed E-state index contributed by atoms with van der Waals surface area (Å²) in [4.78, 5) is 52.8. The lowest BCUT2D eigenvalue weighted by molar-refractivity contribution is -0.136. The number of carbonyl (C=O) groups is 4. The minimum atomic E-state index is -0.947. The molecule has 1 aromatic carbocycles. The van der Waals surface area contributed by atoms with Crippen molar-refractivity contribution < 1.29 is 19.2 Å². The Balaban J connectivity index is 1.62. The summed E-state index contributed by atoms with van der Waals surface area (Å²) in [7, 11) is 0. The van der Waals surface area contributed by atoms with Gasteiger partial charge in [0.05, 0.1) is 11.1 Å². The molecule has 1 aromatic rings. The van der Waals surface area contributed by atoms with Gasteiger partial charge in [0.25, 0.3) is 11.8 Å². The minimum absolute atomic E-state index is 0.0173. The van der Waals surface area contributed by atoms with E-state index in [4.69, 9.17) is 5.73 Å². The molecule has 148 valence electrons. The smallest absolute Gasteiger partial charge is 0.262 e. The Bertz CT molecular complexity index is 894. The summed E-state index contributed by atoms with van der Waals surface area (Å²) in [5.74, 6) is -1.92. The second-order valence-electron chi connectivity index (χ2n) is 8.55. The van der Waals surface area contributed by atoms with Crippen LogP contribution in [0.4, 0.5) is 0 Å². The molecule has 0 aromatic heterocycles. The molecule has 28 heavy (non-hydrogen) atoms. The summed E-state index contributed by atoms with van der Waals surface area (Å²) >= 11 is 0. The second-order valence-corrected chi connectivity index (χ2v) is 8.55. The highest BCUT2D eigenvalue weighted by Crippen LogP contribution is 2.33. The molecule has 2 atom stereocenters. The van der Waals surface area contributed by atoms with E-state index < -0.39 is 23.8 Å². The number of fused-ring (bicyclic) bond motifs is 1. The standard InChI is InChI=1S/C20H24N4O4/c1-20(2)10-23(9-14(20)21)8-11-4-3-5-12-16(11)19(28)24(18(12)27)13-6-7-15(25)22-17(13)26/h3-5,13-14H,6-10,21H2,1-2H3,(H,22,25,26). The predicted octanol–water partition coefficient (Wildman–Crippen LogP) is 0.257. The molecule has 2 saturated heterocycles. The molecule has 2 fully saturated rings. The van der Waals surface area contributed by atoms with Gasteiger partial charge in [-0.1, -0.05) is 26.0 Å². The molecule has 0 aliphatic carbocycles. The zero-order chi connectivity index (χ0) is 20.2. The Hall–Kier alpha value is -2.58. The Morgan fingerprint density at radius 3 is 2.57 bits per heavy atom. The van der Waals surface area contributed by atoms with Gasteiger partial charge in [0.2, 0.25) is 11.8 Å². The van der Waals surface area contributed by atoms with Crippen molar-refractivity contribution in [1.29, 1.82) is 0 Å². The first-order valence-corrected chi connectivity index (χ1v) is 9.50. The number of nitrogens with zero attached hydrogens (tertiary/aromatic N) is 2. The molecule has 0 bridgehead atoms. The molecule has 3 N–H and O–H groups in total. The maximum Gasteiger partial charge on any atom is 0.262 e. The summed E-state index contributed by atoms with van der Waals surface area (Å²) in [6, 6.07) is 4.31. The van der Waals surface area contributed by atoms with Gasteiger partial charge < -0.3 is 5.73 Å². The van der Waals surface area contributed by atoms with Crippen molar-refractivity contribution in [3.63, 3.8) is 0 Å². The highest BCUT2D eigenvalue weighted by atomic mass is 16.2. The van der Waals surface area contributed by atoms with Crippen LogP contribution in [0.1, 0.15) is 53.0 Å². The number of hydrogen-bond donors (Lipinski definition) is 2. The maximum atomic E-state index is 13.1. The van der Waals surface area contributed by atoms with Crippen molar-refractivity contribution in [3.05, 3.63) is 34.9 Å². The quantitative estimate of drug-likeness (QED) is 0.723. The maximum absolute atomic E-state index is 13.1. The average Bonchev–Trinajstić information content (AvgIpc) is 3.02. The Morgan fingerprint density at radius 2 is 1.93 bits per heavy atom. The Labute approximate surface area is 163 Å². The van der Waals surface area contributed by atoms with Gasteiger partial charge >= 0.3 is 0 Å². The highest BCUT2D eigenvalue weighted by Gasteiger charge is 2.46. The van der Waals surface area contributed by atoms with Crippen molar-refractivity contribution in [1.82, 2.24) is 15.1 Å². The fraction of sp³-hybridized carbons (Fsp3) is 0.500. The summed E-state index contributed by atoms with van der Waals surface area (Å²) in [5, 5.41) is 2.22. The van der Waals surface area contributed by atoms with E-state index >= 15 is 0 Å². The van der Waals surface area contributed by atoms with Gasteiger partial charge in [0, 0.05) is 32.1 Å². The predicted molar refractivity (Wildman–Crippen MR) is 100 cm³/mol. The molecule has 4 rings (SSSR count). The van der Waals surface area contributed by atoms with E-state index in [1.807, 2.05) is 6.07 Å². The van der Waals surface area contributed by atoms with E-state index in [9.17, 15) is 19.2 Å². The van der Waals surface area contributed by atoms with E-state index in [2.05, 4.69) is 24.1 Å². The molecule has 0 radical (unpaired) electrons. The van der Waals surface area contributed by atoms with Gasteiger partial charge in [-0.2, -0.15) is 0 Å². The number of imide groups is 2. The number of carbonyl (C=O) groups excluding carboxylic acids is 4. The molecule has 3 aliphatic heterocycles. The van der Waals surface area contributed by atoms with E-state index in [1.54, 1.807) is 12.1 Å². The molecule has 3 aliphatic rings. The van der Waals surface area contributed by atoms with Crippen LogP contribution < -0.4 is 11.1 Å². The normalized spacial score (nSPS) is 27.3. The summed E-state index contributed by atoms with van der Waals surface area (Å²) in [6.07, 6.45) is 0.262. The first kappa shape index (κ1) is 18.8. The van der Waals surface area contributed by atoms with Gasteiger partial charge in [0.1, 0.15) is 6.04 Å². The van der Waals surface area contributed by atoms with Crippen LogP contribution in [0.15, 0.2) is 18.2 Å². The van der Waals surface area contributed by atoms with Crippen LogP contribution in [-0.4, -0.2) is 58.6 Å². The number of nitrogens with one attached hydrogen (secondary N) is 1. The van der Waals surface area contributed by atoms with Crippen molar-refractivity contribution in [3.8, 4) is 0 Å². The first-order chi connectivity index (χ1) is 13.2. The average molecular weight is 384 g/mol. The number of likely N-dealkylation sites (tertiary alicyclic amines) is 1. The molecule has 0 spiro atoms. The third-order valence-electron chi connectivity index (χ3n) is 6.04. The molecule has 8 heteroatoms. The highest BCUT2D eigenvalue weighted by molar-refractivity contribution is 6.24. The Morgan fingerprint density at radius 1 is 1.18 bits per heavy atom. The number of benzene rings is 1. The van der Waals surface area contributed by atoms with Gasteiger partial charge in [-0.15, -0.1) is 0 Å². The zero-order valence-corrected chi connectivity index (χ0v) is 16.0. The summed E-state index contributed by atoms with van der Waals surface area (Å²) < 4.78 is 0. The SMILES string of the molecule is CC1(C)CN(Cc2cccc3c2C(=O)N(C2CCC(=O)NC2=O)C3=O)CC1N. The minimum Gasteiger partial charge on any atom is -0.326 e. The third-order valence-corrected chi connectivity index (χ3v) is 6.04. The monoisotopic (exact) mass is 384 g/mol. The van der Waals surface area contributed by atoms with Crippen LogP contribution in [0.25, 0.3) is 0 Å². The third kappa shape index (κ3) is 2.93. The largest absolute Gasteiger partial charge is 0.326 e. The molecule has 0 saturated carbocycles. The lowest BCUT2D eigenvalue weighted by atomic mass is 9.89. The fourth-order valence-corrected chi connectivity index (χ4v) is 4.36. The fourth-order valence-electron chi connectivity index (χ4n) is 4.36. The first-order valence-electron chi connectivity index (χ1n) is 9.50. The number of rotatable bonds is 3. The van der Waals surface area contributed by atoms with E-state index in [1.165, 1.54) is 0 Å². The van der Waals surface area contributed by atoms with Crippen molar-refractivity contribution >= 4 is 23.6 Å². The topological polar surface area (TPSA) is 113 Å². The van der Waals surface area contributed by atoms with Crippen LogP contribution in [0.5, 0.6) is 0 Å². The van der Waals surface area contributed by atoms with E-state index in [-0.39, 0.29) is 30.2 Å². The van der Waals surface area contributed by atoms with Crippen LogP contribution in [-0.2, 0) is 16.1 Å². The van der Waals surface area contributed by atoms with E-state index in [0.29, 0.717) is 17.7 Å². The molecule has 4 amide bonds. The molecule has 2 unspecified atom stereocenters. The van der Waals surface area contributed by atoms with Crippen molar-refractivity contribution in [2.24, 2.45) is 11.1 Å². The number of hydrogen-bond acceptors (Lipinski definition) is 6. The zero-order valence-electron chi connectivity index (χ0n) is 16.0. The van der Waals surface area contributed by atoms with Gasteiger partial charge in [-0.3, -0.25) is 34.3 Å². The lowest BCUT2D eigenvalue weighted by Gasteiger charge is -2.28. The van der Waals surface area contributed by atoms with Gasteiger partial charge in [0.15, 0.2) is 0 Å². The van der Waals surface area contributed by atoms with Gasteiger partial charge in [-0.25, -0.2) is 0 Å². The Kier molecular flexibility index (Phi) is 4.35. The van der Waals surface area contributed by atoms with Crippen LogP contribution in [0, 0.1) is 5.41 Å². The lowest BCUT2D eigenvalue weighted by Crippen LogP contribution is -2.54. The molecular weight excluding hydrogens is 360 g/mol. The number of nitrogens with two attached hydrogens (primary N) is 1.